The van der Waals surface area contributed by atoms with Crippen LogP contribution in [0.4, 0.5) is 8.78 Å². The second-order valence-corrected chi connectivity index (χ2v) is 8.13. The Kier molecular flexibility index (Phi) is 7.23. The fourth-order valence-corrected chi connectivity index (χ4v) is 3.94. The van der Waals surface area contributed by atoms with Crippen LogP contribution in [-0.4, -0.2) is 35.3 Å². The third-order valence-electron chi connectivity index (χ3n) is 5.58. The largest absolute Gasteiger partial charge is 0.493 e. The lowest BCUT2D eigenvalue weighted by atomic mass is 10.0. The second-order valence-electron chi connectivity index (χ2n) is 8.13. The summed E-state index contributed by atoms with van der Waals surface area (Å²) in [7, 11) is 0. The lowest BCUT2D eigenvalue weighted by molar-refractivity contribution is 0.0912. The van der Waals surface area contributed by atoms with Crippen LogP contribution in [0.15, 0.2) is 66.9 Å². The fraction of sp³-hybridized carbons (Fsp3) is 0.222. The number of H-pyrrole nitrogens is 1. The summed E-state index contributed by atoms with van der Waals surface area (Å²) in [6.07, 6.45) is 3.04. The highest BCUT2D eigenvalue weighted by molar-refractivity contribution is 5.98. The van der Waals surface area contributed by atoms with Crippen LogP contribution < -0.4 is 10.1 Å². The van der Waals surface area contributed by atoms with E-state index in [1.807, 2.05) is 37.4 Å². The smallest absolute Gasteiger partial charge is 0.255 e. The molecule has 3 aromatic carbocycles. The zero-order valence-electron chi connectivity index (χ0n) is 18.8. The van der Waals surface area contributed by atoms with Crippen molar-refractivity contribution in [3.05, 3.63) is 89.6 Å². The first-order chi connectivity index (χ1) is 16.5. The molecule has 1 heterocycles. The number of aromatic amines is 1. The fourth-order valence-electron chi connectivity index (χ4n) is 3.94. The van der Waals surface area contributed by atoms with Crippen molar-refractivity contribution in [3.63, 3.8) is 0 Å². The summed E-state index contributed by atoms with van der Waals surface area (Å²) >= 11 is 0. The molecular formula is C27H26F2N2O3. The number of carbonyl (C=O) groups excluding carboxylic acids is 1. The maximum atomic E-state index is 13.8. The van der Waals surface area contributed by atoms with E-state index in [-0.39, 0.29) is 12.2 Å². The van der Waals surface area contributed by atoms with Crippen LogP contribution in [0.25, 0.3) is 22.0 Å². The summed E-state index contributed by atoms with van der Waals surface area (Å²) in [5.74, 6) is -1.48. The molecule has 4 aromatic rings. The van der Waals surface area contributed by atoms with Crippen molar-refractivity contribution in [2.45, 2.75) is 25.8 Å². The predicted octanol–water partition coefficient (Wildman–Crippen LogP) is 5.24. The van der Waals surface area contributed by atoms with E-state index in [2.05, 4.69) is 10.3 Å². The first kappa shape index (κ1) is 23.4. The van der Waals surface area contributed by atoms with E-state index >= 15 is 0 Å². The highest BCUT2D eigenvalue weighted by Crippen LogP contribution is 2.28. The SMILES string of the molecule is CCCOc1ccc(-c2cc(F)cc(F)c2)cc1C(=O)NC(CO)Cc1c[nH]c2ccccc12. The van der Waals surface area contributed by atoms with Gasteiger partial charge in [-0.05, 0) is 59.9 Å². The molecule has 5 nitrogen and oxygen atoms in total. The van der Waals surface area contributed by atoms with Crippen LogP contribution in [-0.2, 0) is 6.42 Å². The van der Waals surface area contributed by atoms with Gasteiger partial charge in [-0.25, -0.2) is 8.78 Å². The van der Waals surface area contributed by atoms with Gasteiger partial charge in [0.25, 0.3) is 5.91 Å². The number of carbonyl (C=O) groups is 1. The van der Waals surface area contributed by atoms with Gasteiger partial charge in [0.1, 0.15) is 17.4 Å². The molecule has 0 radical (unpaired) electrons. The van der Waals surface area contributed by atoms with Gasteiger partial charge in [-0.15, -0.1) is 0 Å². The number of nitrogens with one attached hydrogen (secondary N) is 2. The second kappa shape index (κ2) is 10.5. The minimum Gasteiger partial charge on any atom is -0.493 e. The van der Waals surface area contributed by atoms with Crippen molar-refractivity contribution in [1.29, 1.82) is 0 Å². The Morgan fingerprint density at radius 3 is 2.56 bits per heavy atom. The van der Waals surface area contributed by atoms with E-state index in [0.717, 1.165) is 29.0 Å². The molecule has 0 aliphatic carbocycles. The van der Waals surface area contributed by atoms with Gasteiger partial charge in [0.05, 0.1) is 24.8 Å². The number of fused-ring (bicyclic) bond motifs is 1. The Morgan fingerprint density at radius 1 is 1.06 bits per heavy atom. The molecule has 0 saturated heterocycles. The lowest BCUT2D eigenvalue weighted by Crippen LogP contribution is -2.39. The first-order valence-electron chi connectivity index (χ1n) is 11.2. The van der Waals surface area contributed by atoms with Crippen LogP contribution in [0.5, 0.6) is 5.75 Å². The monoisotopic (exact) mass is 464 g/mol. The molecule has 4 rings (SSSR count). The van der Waals surface area contributed by atoms with Crippen LogP contribution in [0.1, 0.15) is 29.3 Å². The number of benzene rings is 3. The molecular weight excluding hydrogens is 438 g/mol. The highest BCUT2D eigenvalue weighted by Gasteiger charge is 2.20. The molecule has 0 aliphatic heterocycles. The molecule has 3 N–H and O–H groups in total. The number of amides is 1. The zero-order chi connectivity index (χ0) is 24.1. The molecule has 1 atom stereocenters. The average molecular weight is 465 g/mol. The van der Waals surface area contributed by atoms with Crippen LogP contribution in [0.2, 0.25) is 0 Å². The number of para-hydroxylation sites is 1. The van der Waals surface area contributed by atoms with E-state index in [1.54, 1.807) is 18.2 Å². The van der Waals surface area contributed by atoms with E-state index in [4.69, 9.17) is 4.74 Å². The quantitative estimate of drug-likeness (QED) is 0.317. The summed E-state index contributed by atoms with van der Waals surface area (Å²) in [4.78, 5) is 16.4. The Morgan fingerprint density at radius 2 is 1.82 bits per heavy atom. The number of aliphatic hydroxyl groups is 1. The van der Waals surface area contributed by atoms with Gasteiger partial charge in [0, 0.05) is 23.2 Å². The number of rotatable bonds is 9. The van der Waals surface area contributed by atoms with Gasteiger partial charge in [-0.1, -0.05) is 31.2 Å². The lowest BCUT2D eigenvalue weighted by Gasteiger charge is -2.18. The molecule has 1 unspecified atom stereocenters. The van der Waals surface area contributed by atoms with Gasteiger partial charge >= 0.3 is 0 Å². The van der Waals surface area contributed by atoms with Gasteiger partial charge in [-0.2, -0.15) is 0 Å². The first-order valence-corrected chi connectivity index (χ1v) is 11.2. The Hall–Kier alpha value is -3.71. The van der Waals surface area contributed by atoms with Crippen molar-refractivity contribution in [1.82, 2.24) is 10.3 Å². The third kappa shape index (κ3) is 5.26. The predicted molar refractivity (Wildman–Crippen MR) is 128 cm³/mol. The van der Waals surface area contributed by atoms with Gasteiger partial charge in [0.15, 0.2) is 0 Å². The topological polar surface area (TPSA) is 74.3 Å². The van der Waals surface area contributed by atoms with E-state index in [0.29, 0.717) is 29.9 Å². The molecule has 34 heavy (non-hydrogen) atoms. The minimum atomic E-state index is -0.702. The standard InChI is InChI=1S/C27H26F2N2O3/c1-2-9-34-26-8-7-17(18-10-20(28)14-21(29)11-18)13-24(26)27(33)31-22(16-32)12-19-15-30-25-6-4-3-5-23(19)25/h3-8,10-11,13-15,22,30,32H,2,9,12,16H2,1H3,(H,31,33). The number of ether oxygens (including phenoxy) is 1. The molecule has 1 aromatic heterocycles. The summed E-state index contributed by atoms with van der Waals surface area (Å²) < 4.78 is 33.3. The van der Waals surface area contributed by atoms with Crippen molar-refractivity contribution >= 4 is 16.8 Å². The third-order valence-corrected chi connectivity index (χ3v) is 5.58. The Bertz CT molecular complexity index is 1280. The molecule has 0 bridgehead atoms. The minimum absolute atomic E-state index is 0.230. The highest BCUT2D eigenvalue weighted by atomic mass is 19.1. The zero-order valence-corrected chi connectivity index (χ0v) is 18.8. The maximum Gasteiger partial charge on any atom is 0.255 e. The van der Waals surface area contributed by atoms with Crippen LogP contribution in [0.3, 0.4) is 0 Å². The molecule has 0 saturated carbocycles. The van der Waals surface area contributed by atoms with E-state index in [9.17, 15) is 18.7 Å². The Labute approximate surface area is 196 Å². The number of hydrogen-bond donors (Lipinski definition) is 3. The maximum absolute atomic E-state index is 13.8. The molecule has 176 valence electrons. The van der Waals surface area contributed by atoms with Crippen LogP contribution >= 0.6 is 0 Å². The summed E-state index contributed by atoms with van der Waals surface area (Å²) in [5.41, 5.74) is 2.97. The van der Waals surface area contributed by atoms with Gasteiger partial charge in [-0.3, -0.25) is 4.79 Å². The normalized spacial score (nSPS) is 12.0. The molecule has 7 heteroatoms. The van der Waals surface area contributed by atoms with Crippen molar-refractivity contribution in [3.8, 4) is 16.9 Å². The number of aliphatic hydroxyl groups excluding tert-OH is 1. The van der Waals surface area contributed by atoms with Crippen molar-refractivity contribution < 1.29 is 23.4 Å². The van der Waals surface area contributed by atoms with Crippen molar-refractivity contribution in [2.24, 2.45) is 0 Å². The van der Waals surface area contributed by atoms with Gasteiger partial charge in [0.2, 0.25) is 0 Å². The summed E-state index contributed by atoms with van der Waals surface area (Å²) in [6.45, 7) is 2.10. The summed E-state index contributed by atoms with van der Waals surface area (Å²) in [6, 6.07) is 15.3. The number of hydrogen-bond acceptors (Lipinski definition) is 3. The van der Waals surface area contributed by atoms with Crippen LogP contribution in [0, 0.1) is 11.6 Å². The number of halogens is 2. The molecule has 0 fully saturated rings. The number of aromatic nitrogens is 1. The average Bonchev–Trinajstić information content (AvgIpc) is 3.24. The van der Waals surface area contributed by atoms with E-state index in [1.165, 1.54) is 12.1 Å². The van der Waals surface area contributed by atoms with Crippen molar-refractivity contribution in [2.75, 3.05) is 13.2 Å². The Balaban J connectivity index is 1.61. The molecule has 0 spiro atoms. The molecule has 1 amide bonds. The van der Waals surface area contributed by atoms with Gasteiger partial charge < -0.3 is 20.1 Å². The molecule has 0 aliphatic rings. The summed E-state index contributed by atoms with van der Waals surface area (Å²) in [5, 5.41) is 13.9. The van der Waals surface area contributed by atoms with E-state index < -0.39 is 23.6 Å².